The lowest BCUT2D eigenvalue weighted by atomic mass is 9.44. The Kier molecular flexibility index (Phi) is 4.55. The summed E-state index contributed by atoms with van der Waals surface area (Å²) in [5.74, 6) is 4.13. The molecule has 8 atom stereocenters. The molecule has 0 aliphatic heterocycles. The lowest BCUT2D eigenvalue weighted by Crippen LogP contribution is -2.58. The Bertz CT molecular complexity index is 459. The second-order valence-electron chi connectivity index (χ2n) is 10.5. The number of rotatable bonds is 3. The van der Waals surface area contributed by atoms with E-state index >= 15 is 0 Å². The molecule has 4 fully saturated rings. The highest BCUT2D eigenvalue weighted by Crippen LogP contribution is 2.67. The summed E-state index contributed by atoms with van der Waals surface area (Å²) in [6, 6.07) is 0. The zero-order chi connectivity index (χ0) is 16.9. The molecule has 0 aromatic rings. The van der Waals surface area contributed by atoms with Crippen LogP contribution < -0.4 is 0 Å². The smallest absolute Gasteiger partial charge is 0.0581 e. The van der Waals surface area contributed by atoms with Crippen LogP contribution in [0.1, 0.15) is 97.8 Å². The molecule has 0 radical (unpaired) electrons. The third kappa shape index (κ3) is 2.43. The number of aliphatic hydroxyl groups excluding tert-OH is 1. The average molecular weight is 333 g/mol. The quantitative estimate of drug-likeness (QED) is 0.652. The Hall–Kier alpha value is -0.0400. The molecule has 4 saturated carbocycles. The molecule has 8 unspecified atom stereocenters. The van der Waals surface area contributed by atoms with Crippen LogP contribution in [0.3, 0.4) is 0 Å². The van der Waals surface area contributed by atoms with Crippen LogP contribution in [0.4, 0.5) is 0 Å². The Balaban J connectivity index is 1.61. The second kappa shape index (κ2) is 6.29. The first-order valence-corrected chi connectivity index (χ1v) is 11.2. The van der Waals surface area contributed by atoms with Crippen molar-refractivity contribution in [2.24, 2.45) is 40.4 Å². The maximum atomic E-state index is 11.4. The standard InChI is InChI=1S/C23H40O/c1-4-5-8-17-11-13-19-18-12-10-16-9-6-7-14-22(16,2)21(18)20(24)15-23(17,19)3/h16-21,24H,4-15H2,1-3H3. The maximum Gasteiger partial charge on any atom is 0.0581 e. The van der Waals surface area contributed by atoms with Crippen LogP contribution in [0.5, 0.6) is 0 Å². The minimum atomic E-state index is -0.0237. The van der Waals surface area contributed by atoms with Gasteiger partial charge in [-0.3, -0.25) is 0 Å². The van der Waals surface area contributed by atoms with Crippen molar-refractivity contribution in [1.29, 1.82) is 0 Å². The topological polar surface area (TPSA) is 20.2 Å². The fraction of sp³-hybridized carbons (Fsp3) is 1.00. The first-order chi connectivity index (χ1) is 11.5. The third-order valence-electron chi connectivity index (χ3n) is 9.61. The first-order valence-electron chi connectivity index (χ1n) is 11.2. The zero-order valence-electron chi connectivity index (χ0n) is 16.4. The third-order valence-corrected chi connectivity index (χ3v) is 9.61. The van der Waals surface area contributed by atoms with Gasteiger partial charge in [-0.15, -0.1) is 0 Å². The van der Waals surface area contributed by atoms with E-state index in [0.717, 1.165) is 30.1 Å². The highest BCUT2D eigenvalue weighted by molar-refractivity contribution is 5.11. The van der Waals surface area contributed by atoms with Gasteiger partial charge < -0.3 is 5.11 Å². The van der Waals surface area contributed by atoms with E-state index in [2.05, 4.69) is 20.8 Å². The van der Waals surface area contributed by atoms with Gasteiger partial charge in [-0.05, 0) is 91.8 Å². The summed E-state index contributed by atoms with van der Waals surface area (Å²) in [7, 11) is 0. The molecule has 4 aliphatic rings. The van der Waals surface area contributed by atoms with E-state index in [1.807, 2.05) is 0 Å². The summed E-state index contributed by atoms with van der Waals surface area (Å²) in [5.41, 5.74) is 0.886. The minimum absolute atomic E-state index is 0.0237. The molecule has 138 valence electrons. The van der Waals surface area contributed by atoms with E-state index in [1.165, 1.54) is 70.6 Å². The molecule has 4 rings (SSSR count). The Morgan fingerprint density at radius 3 is 2.58 bits per heavy atom. The van der Waals surface area contributed by atoms with Gasteiger partial charge in [0.25, 0.3) is 0 Å². The van der Waals surface area contributed by atoms with Crippen LogP contribution in [0.25, 0.3) is 0 Å². The molecule has 0 spiro atoms. The lowest BCUT2D eigenvalue weighted by molar-refractivity contribution is -0.169. The van der Waals surface area contributed by atoms with Crippen molar-refractivity contribution in [1.82, 2.24) is 0 Å². The van der Waals surface area contributed by atoms with Crippen molar-refractivity contribution >= 4 is 0 Å². The molecule has 0 bridgehead atoms. The zero-order valence-corrected chi connectivity index (χ0v) is 16.4. The number of unbranched alkanes of at least 4 members (excludes halogenated alkanes) is 1. The number of fused-ring (bicyclic) bond motifs is 5. The van der Waals surface area contributed by atoms with Gasteiger partial charge in [-0.25, -0.2) is 0 Å². The van der Waals surface area contributed by atoms with E-state index in [0.29, 0.717) is 16.7 Å². The van der Waals surface area contributed by atoms with Gasteiger partial charge in [-0.1, -0.05) is 46.5 Å². The highest BCUT2D eigenvalue weighted by atomic mass is 16.3. The van der Waals surface area contributed by atoms with Gasteiger partial charge in [0.05, 0.1) is 6.10 Å². The molecule has 0 aromatic heterocycles. The van der Waals surface area contributed by atoms with E-state index < -0.39 is 0 Å². The monoisotopic (exact) mass is 332 g/mol. The molecule has 1 N–H and O–H groups in total. The number of aliphatic hydroxyl groups is 1. The molecule has 24 heavy (non-hydrogen) atoms. The fourth-order valence-corrected chi connectivity index (χ4v) is 8.45. The molecular weight excluding hydrogens is 292 g/mol. The van der Waals surface area contributed by atoms with Gasteiger partial charge in [-0.2, -0.15) is 0 Å². The molecule has 0 saturated heterocycles. The van der Waals surface area contributed by atoms with Gasteiger partial charge in [0.2, 0.25) is 0 Å². The van der Waals surface area contributed by atoms with Crippen LogP contribution in [0, 0.1) is 40.4 Å². The van der Waals surface area contributed by atoms with E-state index in [-0.39, 0.29) is 6.10 Å². The van der Waals surface area contributed by atoms with Crippen molar-refractivity contribution < 1.29 is 5.11 Å². The largest absolute Gasteiger partial charge is 0.393 e. The second-order valence-corrected chi connectivity index (χ2v) is 10.5. The van der Waals surface area contributed by atoms with Crippen molar-refractivity contribution in [3.63, 3.8) is 0 Å². The molecule has 0 amide bonds. The summed E-state index contributed by atoms with van der Waals surface area (Å²) in [6.07, 6.45) is 16.6. The fourth-order valence-electron chi connectivity index (χ4n) is 8.45. The average Bonchev–Trinajstić information content (AvgIpc) is 2.87. The van der Waals surface area contributed by atoms with Crippen LogP contribution in [-0.2, 0) is 0 Å². The van der Waals surface area contributed by atoms with Crippen LogP contribution >= 0.6 is 0 Å². The number of hydrogen-bond acceptors (Lipinski definition) is 1. The van der Waals surface area contributed by atoms with Crippen molar-refractivity contribution in [3.05, 3.63) is 0 Å². The Labute approximate surface area is 150 Å². The molecule has 4 aliphatic carbocycles. The van der Waals surface area contributed by atoms with Crippen LogP contribution in [0.15, 0.2) is 0 Å². The van der Waals surface area contributed by atoms with Crippen LogP contribution in [-0.4, -0.2) is 11.2 Å². The van der Waals surface area contributed by atoms with Crippen molar-refractivity contribution in [2.75, 3.05) is 0 Å². The minimum Gasteiger partial charge on any atom is -0.393 e. The predicted molar refractivity (Wildman–Crippen MR) is 101 cm³/mol. The summed E-state index contributed by atoms with van der Waals surface area (Å²) in [4.78, 5) is 0. The SMILES string of the molecule is CCCCC1CCC2C3CCC4CCCCC4(C)C3C(O)CC12C. The predicted octanol–water partition coefficient (Wildman–Crippen LogP) is 6.20. The summed E-state index contributed by atoms with van der Waals surface area (Å²) in [6.45, 7) is 7.47. The Morgan fingerprint density at radius 1 is 0.958 bits per heavy atom. The lowest BCUT2D eigenvalue weighted by Gasteiger charge is -2.62. The highest BCUT2D eigenvalue weighted by Gasteiger charge is 2.62. The van der Waals surface area contributed by atoms with E-state index in [1.54, 1.807) is 0 Å². The first kappa shape index (κ1) is 17.4. The Morgan fingerprint density at radius 2 is 1.79 bits per heavy atom. The summed E-state index contributed by atoms with van der Waals surface area (Å²) in [5, 5.41) is 11.4. The maximum absolute atomic E-state index is 11.4. The van der Waals surface area contributed by atoms with E-state index in [9.17, 15) is 5.11 Å². The summed E-state index contributed by atoms with van der Waals surface area (Å²) < 4.78 is 0. The van der Waals surface area contributed by atoms with Crippen molar-refractivity contribution in [2.45, 2.75) is 104 Å². The van der Waals surface area contributed by atoms with Crippen LogP contribution in [0.2, 0.25) is 0 Å². The van der Waals surface area contributed by atoms with Gasteiger partial charge in [0.15, 0.2) is 0 Å². The van der Waals surface area contributed by atoms with Gasteiger partial charge in [0.1, 0.15) is 0 Å². The molecular formula is C23H40O. The molecule has 1 heteroatoms. The summed E-state index contributed by atoms with van der Waals surface area (Å²) >= 11 is 0. The molecule has 0 heterocycles. The van der Waals surface area contributed by atoms with Gasteiger partial charge in [0, 0.05) is 0 Å². The number of hydrogen-bond donors (Lipinski definition) is 1. The molecule has 0 aromatic carbocycles. The molecule has 1 nitrogen and oxygen atoms in total. The van der Waals surface area contributed by atoms with Gasteiger partial charge >= 0.3 is 0 Å². The van der Waals surface area contributed by atoms with Crippen molar-refractivity contribution in [3.8, 4) is 0 Å². The normalized spacial score (nSPS) is 54.0. The van der Waals surface area contributed by atoms with E-state index in [4.69, 9.17) is 0 Å².